The summed E-state index contributed by atoms with van der Waals surface area (Å²) in [6.45, 7) is 7.50. The fourth-order valence-corrected chi connectivity index (χ4v) is 3.26. The molecule has 0 aromatic carbocycles. The van der Waals surface area contributed by atoms with E-state index in [1.807, 2.05) is 13.8 Å². The number of carboxylic acids is 1. The van der Waals surface area contributed by atoms with E-state index in [9.17, 15) is 24.3 Å². The molecule has 3 amide bonds. The van der Waals surface area contributed by atoms with E-state index in [2.05, 4.69) is 33.6 Å². The van der Waals surface area contributed by atoms with Crippen molar-refractivity contribution in [3.8, 4) is 0 Å². The Labute approximate surface area is 206 Å². The summed E-state index contributed by atoms with van der Waals surface area (Å²) in [6, 6.07) is -4.00. The van der Waals surface area contributed by atoms with Crippen LogP contribution in [0.2, 0.25) is 0 Å². The fourth-order valence-electron chi connectivity index (χ4n) is 3.01. The number of nitrogens with zero attached hydrogens (tertiary/aromatic N) is 1. The van der Waals surface area contributed by atoms with Crippen LogP contribution in [0.3, 0.4) is 0 Å². The summed E-state index contributed by atoms with van der Waals surface area (Å²) in [5.41, 5.74) is 16.5. The Hall–Kier alpha value is -2.54. The van der Waals surface area contributed by atoms with Crippen molar-refractivity contribution in [3.63, 3.8) is 0 Å². The van der Waals surface area contributed by atoms with Crippen LogP contribution in [0.4, 0.5) is 0 Å². The van der Waals surface area contributed by atoms with Crippen molar-refractivity contribution in [3.05, 3.63) is 0 Å². The monoisotopic (exact) mass is 503 g/mol. The molecule has 0 bridgehead atoms. The predicted molar refractivity (Wildman–Crippen MR) is 134 cm³/mol. The Balaban J connectivity index is 5.24. The highest BCUT2D eigenvalue weighted by Crippen LogP contribution is 2.11. The second-order valence-corrected chi connectivity index (χ2v) is 8.75. The Bertz CT molecular complexity index is 718. The maximum absolute atomic E-state index is 13.0. The first kappa shape index (κ1) is 31.5. The number of nitrogens with one attached hydrogen (secondary N) is 3. The first-order valence-electron chi connectivity index (χ1n) is 11.4. The van der Waals surface area contributed by atoms with Gasteiger partial charge in [-0.25, -0.2) is 4.79 Å². The fraction of sp³-hybridized carbons (Fsp3) is 0.762. The van der Waals surface area contributed by atoms with Crippen molar-refractivity contribution >= 4 is 42.3 Å². The highest BCUT2D eigenvalue weighted by atomic mass is 32.1. The number of carboxylic acid groups (broad SMARTS) is 1. The summed E-state index contributed by atoms with van der Waals surface area (Å²) in [7, 11) is 0. The molecule has 0 aliphatic heterocycles. The van der Waals surface area contributed by atoms with Gasteiger partial charge in [-0.2, -0.15) is 12.6 Å². The van der Waals surface area contributed by atoms with Crippen LogP contribution >= 0.6 is 12.6 Å². The number of guanidine groups is 1. The molecule has 13 heteroatoms. The van der Waals surface area contributed by atoms with Crippen molar-refractivity contribution < 1.29 is 24.3 Å². The van der Waals surface area contributed by atoms with E-state index in [1.165, 1.54) is 0 Å². The molecule has 0 saturated carbocycles. The molecule has 10 N–H and O–H groups in total. The maximum Gasteiger partial charge on any atom is 0.326 e. The molecule has 6 atom stereocenters. The van der Waals surface area contributed by atoms with Gasteiger partial charge in [-0.3, -0.25) is 19.4 Å². The van der Waals surface area contributed by atoms with Crippen molar-refractivity contribution in [2.24, 2.45) is 34.0 Å². The Morgan fingerprint density at radius 3 is 1.91 bits per heavy atom. The summed E-state index contributed by atoms with van der Waals surface area (Å²) >= 11 is 4.13. The molecular weight excluding hydrogens is 462 g/mol. The molecule has 0 saturated heterocycles. The van der Waals surface area contributed by atoms with Crippen molar-refractivity contribution in [1.82, 2.24) is 16.0 Å². The molecular formula is C21H41N7O5S. The highest BCUT2D eigenvalue weighted by molar-refractivity contribution is 7.80. The number of amides is 3. The molecule has 6 unspecified atom stereocenters. The molecule has 0 aromatic heterocycles. The lowest BCUT2D eigenvalue weighted by atomic mass is 9.97. The maximum atomic E-state index is 13.0. The lowest BCUT2D eigenvalue weighted by molar-refractivity contribution is -0.143. The SMILES string of the molecule is CCC(C)C(NC(=O)C(CS)NC(=O)C(NC(=O)C(N)CCCN=C(N)N)C(C)CC)C(=O)O. The summed E-state index contributed by atoms with van der Waals surface area (Å²) in [5, 5.41) is 17.1. The van der Waals surface area contributed by atoms with E-state index in [0.29, 0.717) is 32.2 Å². The molecule has 0 fully saturated rings. The van der Waals surface area contributed by atoms with Crippen LogP contribution in [0.15, 0.2) is 4.99 Å². The van der Waals surface area contributed by atoms with Gasteiger partial charge in [-0.1, -0.05) is 40.5 Å². The van der Waals surface area contributed by atoms with E-state index < -0.39 is 47.9 Å². The lowest BCUT2D eigenvalue weighted by Gasteiger charge is -2.28. The van der Waals surface area contributed by atoms with Crippen molar-refractivity contribution in [2.45, 2.75) is 77.5 Å². The van der Waals surface area contributed by atoms with Crippen LogP contribution in [-0.2, 0) is 19.2 Å². The number of carbonyl (C=O) groups is 4. The predicted octanol–water partition coefficient (Wildman–Crippen LogP) is -1.07. The van der Waals surface area contributed by atoms with Crippen LogP contribution < -0.4 is 33.2 Å². The minimum Gasteiger partial charge on any atom is -0.480 e. The molecule has 0 heterocycles. The standard InChI is InChI=1S/C21H41N7O5S/c1-5-11(3)15(27-17(29)13(22)8-7-9-25-21(23)24)19(31)26-14(10-34)18(30)28-16(20(32)33)12(4)6-2/h11-16,34H,5-10,22H2,1-4H3,(H,26,31)(H,27,29)(H,28,30)(H,32,33)(H4,23,24,25). The molecule has 0 aliphatic rings. The van der Waals surface area contributed by atoms with Gasteiger partial charge in [0.15, 0.2) is 5.96 Å². The zero-order chi connectivity index (χ0) is 26.4. The lowest BCUT2D eigenvalue weighted by Crippen LogP contribution is -2.59. The van der Waals surface area contributed by atoms with Crippen LogP contribution in [0.5, 0.6) is 0 Å². The van der Waals surface area contributed by atoms with E-state index in [4.69, 9.17) is 17.2 Å². The van der Waals surface area contributed by atoms with Crippen LogP contribution in [0, 0.1) is 11.8 Å². The molecule has 0 radical (unpaired) electrons. The van der Waals surface area contributed by atoms with Gasteiger partial charge in [0, 0.05) is 12.3 Å². The van der Waals surface area contributed by atoms with Gasteiger partial charge >= 0.3 is 5.97 Å². The number of hydrogen-bond acceptors (Lipinski definition) is 7. The number of rotatable bonds is 16. The zero-order valence-electron chi connectivity index (χ0n) is 20.4. The van der Waals surface area contributed by atoms with Gasteiger partial charge in [-0.15, -0.1) is 0 Å². The van der Waals surface area contributed by atoms with E-state index in [-0.39, 0.29) is 23.5 Å². The summed E-state index contributed by atoms with van der Waals surface area (Å²) in [5.74, 6) is -3.60. The summed E-state index contributed by atoms with van der Waals surface area (Å²) in [6.07, 6.45) is 1.91. The number of nitrogens with two attached hydrogens (primary N) is 3. The largest absolute Gasteiger partial charge is 0.480 e. The van der Waals surface area contributed by atoms with Gasteiger partial charge in [0.25, 0.3) is 0 Å². The normalized spacial score (nSPS) is 16.2. The van der Waals surface area contributed by atoms with Crippen LogP contribution in [0.25, 0.3) is 0 Å². The van der Waals surface area contributed by atoms with E-state index in [1.54, 1.807) is 13.8 Å². The van der Waals surface area contributed by atoms with Gasteiger partial charge in [0.1, 0.15) is 18.1 Å². The molecule has 196 valence electrons. The molecule has 12 nitrogen and oxygen atoms in total. The number of thiol groups is 1. The van der Waals surface area contributed by atoms with Gasteiger partial charge in [-0.05, 0) is 24.7 Å². The molecule has 0 aromatic rings. The zero-order valence-corrected chi connectivity index (χ0v) is 21.3. The average molecular weight is 504 g/mol. The molecule has 34 heavy (non-hydrogen) atoms. The third-order valence-electron chi connectivity index (χ3n) is 5.69. The molecule has 0 rings (SSSR count). The van der Waals surface area contributed by atoms with Crippen LogP contribution in [0.1, 0.15) is 53.4 Å². The summed E-state index contributed by atoms with van der Waals surface area (Å²) in [4.78, 5) is 53.5. The number of carbonyl (C=O) groups excluding carboxylic acids is 3. The van der Waals surface area contributed by atoms with Crippen LogP contribution in [-0.4, -0.2) is 71.2 Å². The molecule has 0 aliphatic carbocycles. The first-order valence-corrected chi connectivity index (χ1v) is 12.1. The Morgan fingerprint density at radius 1 is 0.912 bits per heavy atom. The topological polar surface area (TPSA) is 215 Å². The van der Waals surface area contributed by atoms with Crippen molar-refractivity contribution in [2.75, 3.05) is 12.3 Å². The first-order chi connectivity index (χ1) is 15.9. The van der Waals surface area contributed by atoms with Gasteiger partial charge < -0.3 is 38.3 Å². The van der Waals surface area contributed by atoms with Crippen molar-refractivity contribution in [1.29, 1.82) is 0 Å². The third kappa shape index (κ3) is 11.1. The number of aliphatic carboxylic acids is 1. The second kappa shape index (κ2) is 16.1. The smallest absolute Gasteiger partial charge is 0.326 e. The van der Waals surface area contributed by atoms with E-state index >= 15 is 0 Å². The minimum absolute atomic E-state index is 0.0480. The minimum atomic E-state index is -1.16. The Morgan fingerprint density at radius 2 is 1.44 bits per heavy atom. The number of hydrogen-bond donors (Lipinski definition) is 8. The Kier molecular flexibility index (Phi) is 14.9. The highest BCUT2D eigenvalue weighted by Gasteiger charge is 2.33. The average Bonchev–Trinajstić information content (AvgIpc) is 2.79. The van der Waals surface area contributed by atoms with Gasteiger partial charge in [0.05, 0.1) is 6.04 Å². The third-order valence-corrected chi connectivity index (χ3v) is 6.06. The second-order valence-electron chi connectivity index (χ2n) is 8.38. The summed E-state index contributed by atoms with van der Waals surface area (Å²) < 4.78 is 0. The quantitative estimate of drug-likeness (QED) is 0.0560. The van der Waals surface area contributed by atoms with E-state index in [0.717, 1.165) is 0 Å². The number of aliphatic imine (C=N–C) groups is 1. The van der Waals surface area contributed by atoms with Gasteiger partial charge in [0.2, 0.25) is 17.7 Å². The molecule has 0 spiro atoms.